The molecule has 41 heavy (non-hydrogen) atoms. The lowest BCUT2D eigenvalue weighted by Gasteiger charge is -2.54. The van der Waals surface area contributed by atoms with Crippen LogP contribution in [0.1, 0.15) is 67.4 Å². The van der Waals surface area contributed by atoms with Crippen molar-refractivity contribution in [1.82, 2.24) is 5.06 Å². The summed E-state index contributed by atoms with van der Waals surface area (Å²) >= 11 is 0. The lowest BCUT2D eigenvalue weighted by molar-refractivity contribution is -0.951. The Morgan fingerprint density at radius 1 is 0.878 bits per heavy atom. The molecule has 2 aromatic carbocycles. The fourth-order valence-corrected chi connectivity index (χ4v) is 7.66. The number of halogens is 1. The van der Waals surface area contributed by atoms with Crippen LogP contribution in [0.3, 0.4) is 0 Å². The van der Waals surface area contributed by atoms with Gasteiger partial charge in [0, 0.05) is 37.8 Å². The Bertz CT molecular complexity index is 1260. The minimum absolute atomic E-state index is 0. The summed E-state index contributed by atoms with van der Waals surface area (Å²) < 4.78 is 23.7. The van der Waals surface area contributed by atoms with E-state index in [1.54, 1.807) is 28.4 Å². The van der Waals surface area contributed by atoms with Crippen molar-refractivity contribution in [3.63, 3.8) is 0 Å². The van der Waals surface area contributed by atoms with Crippen LogP contribution >= 0.6 is 0 Å². The van der Waals surface area contributed by atoms with E-state index in [0.717, 1.165) is 66.9 Å². The monoisotopic (exact) mass is 680 g/mol. The van der Waals surface area contributed by atoms with Crippen LogP contribution in [-0.2, 0) is 22.5 Å². The molecular formula is C32H45IN2O6. The van der Waals surface area contributed by atoms with Gasteiger partial charge in [0.1, 0.15) is 6.04 Å². The van der Waals surface area contributed by atoms with E-state index in [1.807, 2.05) is 5.06 Å². The molecule has 0 radical (unpaired) electrons. The predicted molar refractivity (Wildman–Crippen MR) is 153 cm³/mol. The van der Waals surface area contributed by atoms with Crippen LogP contribution in [0.4, 0.5) is 0 Å². The summed E-state index contributed by atoms with van der Waals surface area (Å²) in [5.74, 6) is 3.80. The predicted octanol–water partition coefficient (Wildman–Crippen LogP) is 2.28. The van der Waals surface area contributed by atoms with E-state index in [9.17, 15) is 4.79 Å². The van der Waals surface area contributed by atoms with Gasteiger partial charge in [-0.2, -0.15) is 0 Å². The number of hydroxylamine groups is 2. The average Bonchev–Trinajstić information content (AvgIpc) is 2.96. The Kier molecular flexibility index (Phi) is 10.0. The molecule has 3 aliphatic rings. The Morgan fingerprint density at radius 2 is 1.44 bits per heavy atom. The molecule has 3 heterocycles. The zero-order valence-corrected chi connectivity index (χ0v) is 27.7. The summed E-state index contributed by atoms with van der Waals surface area (Å²) in [4.78, 5) is 18.0. The van der Waals surface area contributed by atoms with Crippen molar-refractivity contribution in [2.75, 3.05) is 55.1 Å². The normalized spacial score (nSPS) is 26.9. The number of carbonyl (C=O) groups is 1. The number of nitrogens with zero attached hydrogens (tertiary/aromatic N) is 2. The number of fused-ring (bicyclic) bond motifs is 4. The van der Waals surface area contributed by atoms with Crippen LogP contribution in [0, 0.1) is 11.8 Å². The lowest BCUT2D eigenvalue weighted by Crippen LogP contribution is -3.00. The van der Waals surface area contributed by atoms with Gasteiger partial charge in [-0.25, -0.2) is 0 Å². The van der Waals surface area contributed by atoms with Gasteiger partial charge >= 0.3 is 5.97 Å². The minimum Gasteiger partial charge on any atom is -1.00 e. The van der Waals surface area contributed by atoms with Crippen LogP contribution in [-0.4, -0.2) is 70.6 Å². The molecule has 0 spiro atoms. The molecule has 9 heteroatoms. The summed E-state index contributed by atoms with van der Waals surface area (Å²) in [6.45, 7) is 6.73. The maximum atomic E-state index is 12.2. The van der Waals surface area contributed by atoms with Crippen LogP contribution in [0.15, 0.2) is 24.3 Å². The van der Waals surface area contributed by atoms with E-state index >= 15 is 0 Å². The number of ether oxygens (including phenoxy) is 4. The first-order valence-electron chi connectivity index (χ1n) is 14.5. The van der Waals surface area contributed by atoms with Gasteiger partial charge in [0.05, 0.1) is 54.6 Å². The first-order valence-corrected chi connectivity index (χ1v) is 14.5. The van der Waals surface area contributed by atoms with Crippen molar-refractivity contribution in [2.24, 2.45) is 11.8 Å². The molecule has 2 aromatic rings. The Hall–Kier alpha value is -2.24. The molecule has 1 fully saturated rings. The number of quaternary nitrogens is 1. The first kappa shape index (κ1) is 31.7. The maximum absolute atomic E-state index is 12.2. The second kappa shape index (κ2) is 13.0. The number of hydrogen-bond donors (Lipinski definition) is 0. The lowest BCUT2D eigenvalue weighted by atomic mass is 9.71. The summed E-state index contributed by atoms with van der Waals surface area (Å²) in [5.41, 5.74) is 5.15. The second-order valence-corrected chi connectivity index (χ2v) is 11.9. The molecule has 0 N–H and O–H groups in total. The van der Waals surface area contributed by atoms with E-state index in [2.05, 4.69) is 38.2 Å². The highest BCUT2D eigenvalue weighted by atomic mass is 127. The summed E-state index contributed by atoms with van der Waals surface area (Å²) in [5, 5.41) is 1.91. The molecule has 3 aliphatic heterocycles. The van der Waals surface area contributed by atoms with Crippen LogP contribution in [0.5, 0.6) is 23.0 Å². The third kappa shape index (κ3) is 5.99. The molecule has 0 aromatic heterocycles. The quantitative estimate of drug-likeness (QED) is 0.314. The molecule has 0 amide bonds. The number of piperidine rings is 1. The van der Waals surface area contributed by atoms with Gasteiger partial charge in [-0.05, 0) is 66.1 Å². The number of hydrogen-bond acceptors (Lipinski definition) is 7. The standard InChI is InChI=1S/C32H45N2O6.HI/c1-8-21-19-34(3)12-10-23-16-30(37-5)32(39-7)18-26(23)28(34)14-24(21)13-27-25-17-31(38-6)29(36-4)15-22(25)9-11-33(27)40-20(2)35;/h15-18,21,24,27-28H,8-14,19H2,1-7H3;1H/q+1;/p-1/t21?,24?,27?,28-,34?;/m0./s1. The summed E-state index contributed by atoms with van der Waals surface area (Å²) in [6, 6.07) is 8.92. The average molecular weight is 681 g/mol. The number of likely N-dealkylation sites (N-methyl/N-ethyl adjacent to an activating group) is 1. The summed E-state index contributed by atoms with van der Waals surface area (Å²) in [6.07, 6.45) is 4.94. The second-order valence-electron chi connectivity index (χ2n) is 11.9. The number of benzene rings is 2. The van der Waals surface area contributed by atoms with Gasteiger partial charge in [0.25, 0.3) is 0 Å². The number of carbonyl (C=O) groups excluding carboxylic acids is 1. The van der Waals surface area contributed by atoms with Crippen LogP contribution < -0.4 is 42.9 Å². The van der Waals surface area contributed by atoms with E-state index in [4.69, 9.17) is 23.8 Å². The fraction of sp³-hybridized carbons (Fsp3) is 0.594. The molecule has 4 unspecified atom stereocenters. The fourth-order valence-electron chi connectivity index (χ4n) is 7.66. The summed E-state index contributed by atoms with van der Waals surface area (Å²) in [7, 11) is 9.19. The Labute approximate surface area is 261 Å². The van der Waals surface area contributed by atoms with Crippen molar-refractivity contribution in [3.8, 4) is 23.0 Å². The molecular weight excluding hydrogens is 635 g/mol. The van der Waals surface area contributed by atoms with E-state index < -0.39 is 0 Å². The SMILES string of the molecule is CCC1C[N+]2(C)CCc3cc(OC)c(OC)cc3[C@@H]2CC1CC1c2cc(OC)c(OC)cc2CCN1OC(C)=O.[I-]. The largest absolute Gasteiger partial charge is 1.00 e. The molecule has 5 atom stereocenters. The highest BCUT2D eigenvalue weighted by Gasteiger charge is 2.49. The van der Waals surface area contributed by atoms with Crippen LogP contribution in [0.25, 0.3) is 0 Å². The third-order valence-electron chi connectivity index (χ3n) is 9.74. The number of rotatable bonds is 8. The molecule has 0 bridgehead atoms. The molecule has 8 nitrogen and oxygen atoms in total. The van der Waals surface area contributed by atoms with E-state index in [0.29, 0.717) is 30.2 Å². The van der Waals surface area contributed by atoms with Gasteiger partial charge in [-0.15, -0.1) is 5.06 Å². The zero-order valence-electron chi connectivity index (χ0n) is 25.5. The minimum atomic E-state index is -0.281. The van der Waals surface area contributed by atoms with E-state index in [-0.39, 0.29) is 36.0 Å². The Morgan fingerprint density at radius 3 is 2.00 bits per heavy atom. The van der Waals surface area contributed by atoms with Crippen LogP contribution in [0.2, 0.25) is 0 Å². The topological polar surface area (TPSA) is 66.5 Å². The van der Waals surface area contributed by atoms with Gasteiger partial charge in [0.15, 0.2) is 23.0 Å². The van der Waals surface area contributed by atoms with Crippen molar-refractivity contribution >= 4 is 5.97 Å². The molecule has 0 saturated carbocycles. The number of methoxy groups -OCH3 is 4. The zero-order chi connectivity index (χ0) is 28.6. The molecule has 0 aliphatic carbocycles. The molecule has 226 valence electrons. The first-order chi connectivity index (χ1) is 19.2. The van der Waals surface area contributed by atoms with Crippen molar-refractivity contribution in [2.45, 2.75) is 58.0 Å². The highest BCUT2D eigenvalue weighted by Crippen LogP contribution is 2.51. The van der Waals surface area contributed by atoms with Gasteiger partial charge in [-0.1, -0.05) is 6.92 Å². The highest BCUT2D eigenvalue weighted by molar-refractivity contribution is 5.65. The van der Waals surface area contributed by atoms with Gasteiger partial charge in [-0.3, -0.25) is 4.79 Å². The molecule has 5 rings (SSSR count). The smallest absolute Gasteiger partial charge is 0.322 e. The molecule has 1 saturated heterocycles. The van der Waals surface area contributed by atoms with Gasteiger partial charge in [0.2, 0.25) is 0 Å². The Balaban J connectivity index is 0.00000387. The third-order valence-corrected chi connectivity index (χ3v) is 9.74. The van der Waals surface area contributed by atoms with Crippen molar-refractivity contribution < 1.29 is 57.0 Å². The van der Waals surface area contributed by atoms with Gasteiger partial charge < -0.3 is 52.2 Å². The van der Waals surface area contributed by atoms with Crippen molar-refractivity contribution in [3.05, 3.63) is 46.5 Å². The van der Waals surface area contributed by atoms with E-state index in [1.165, 1.54) is 29.2 Å². The van der Waals surface area contributed by atoms with Crippen molar-refractivity contribution in [1.29, 1.82) is 0 Å². The maximum Gasteiger partial charge on any atom is 0.322 e.